The third kappa shape index (κ3) is 7.94. The van der Waals surface area contributed by atoms with Gasteiger partial charge in [0, 0.05) is 18.3 Å². The topological polar surface area (TPSA) is 58.6 Å². The van der Waals surface area contributed by atoms with E-state index in [4.69, 9.17) is 4.74 Å². The van der Waals surface area contributed by atoms with Gasteiger partial charge in [-0.2, -0.15) is 0 Å². The Morgan fingerprint density at radius 3 is 2.39 bits per heavy atom. The quantitative estimate of drug-likeness (QED) is 0.554. The number of rotatable bonds is 11. The molecule has 0 aliphatic heterocycles. The average molecular weight is 443 g/mol. The fraction of sp³-hybridized carbons (Fsp3) is 0.440. The average Bonchev–Trinajstić information content (AvgIpc) is 2.73. The Balaban J connectivity index is 2.10. The van der Waals surface area contributed by atoms with Crippen molar-refractivity contribution in [2.45, 2.75) is 58.5 Å². The van der Waals surface area contributed by atoms with E-state index in [9.17, 15) is 9.59 Å². The normalized spacial score (nSPS) is 11.8. The molecule has 168 valence electrons. The van der Waals surface area contributed by atoms with Crippen molar-refractivity contribution in [3.8, 4) is 5.75 Å². The maximum atomic E-state index is 13.2. The first-order valence-electron chi connectivity index (χ1n) is 10.7. The van der Waals surface area contributed by atoms with Gasteiger partial charge in [-0.05, 0) is 50.5 Å². The molecule has 0 aliphatic carbocycles. The first-order valence-corrected chi connectivity index (χ1v) is 11.9. The number of benzene rings is 2. The molecular weight excluding hydrogens is 408 g/mol. The Morgan fingerprint density at radius 2 is 1.81 bits per heavy atom. The minimum atomic E-state index is -0.489. The van der Waals surface area contributed by atoms with Gasteiger partial charge in [-0.25, -0.2) is 0 Å². The van der Waals surface area contributed by atoms with Gasteiger partial charge >= 0.3 is 0 Å². The molecule has 5 nitrogen and oxygen atoms in total. The Bertz CT molecular complexity index is 852. The van der Waals surface area contributed by atoms with Gasteiger partial charge in [-0.1, -0.05) is 48.9 Å². The van der Waals surface area contributed by atoms with Gasteiger partial charge in [-0.3, -0.25) is 9.59 Å². The molecule has 2 amide bonds. The standard InChI is InChI=1S/C25H34N2O3S/c1-6-23(25(29)26-18(2)3)27(15-21-9-7-8-19(4)14-21)24(28)17-31-16-20-10-12-22(30-5)13-11-20/h7-14,18,23H,6,15-17H2,1-5H3,(H,26,29)/t23-/m0/s1. The highest BCUT2D eigenvalue weighted by Crippen LogP contribution is 2.19. The van der Waals surface area contributed by atoms with E-state index in [2.05, 4.69) is 11.4 Å². The first-order chi connectivity index (χ1) is 14.8. The smallest absolute Gasteiger partial charge is 0.243 e. The number of hydrogen-bond acceptors (Lipinski definition) is 4. The van der Waals surface area contributed by atoms with Crippen molar-refractivity contribution in [3.63, 3.8) is 0 Å². The highest BCUT2D eigenvalue weighted by molar-refractivity contribution is 7.99. The van der Waals surface area contributed by atoms with Crippen LogP contribution in [0.15, 0.2) is 48.5 Å². The molecule has 0 heterocycles. The summed E-state index contributed by atoms with van der Waals surface area (Å²) in [6, 6.07) is 15.5. The highest BCUT2D eigenvalue weighted by atomic mass is 32.2. The van der Waals surface area contributed by atoms with Crippen LogP contribution in [0.5, 0.6) is 5.75 Å². The van der Waals surface area contributed by atoms with Crippen LogP contribution in [0.2, 0.25) is 0 Å². The summed E-state index contributed by atoms with van der Waals surface area (Å²) in [6.45, 7) is 8.27. The molecule has 0 aromatic heterocycles. The maximum absolute atomic E-state index is 13.2. The molecule has 0 spiro atoms. The summed E-state index contributed by atoms with van der Waals surface area (Å²) in [5, 5.41) is 2.97. The number of thioether (sulfide) groups is 1. The van der Waals surface area contributed by atoms with Gasteiger partial charge in [0.05, 0.1) is 12.9 Å². The number of aryl methyl sites for hydroxylation is 1. The summed E-state index contributed by atoms with van der Waals surface area (Å²) in [5.74, 6) is 1.74. The van der Waals surface area contributed by atoms with Crippen molar-refractivity contribution in [2.75, 3.05) is 12.9 Å². The Kier molecular flexibility index (Phi) is 9.92. The summed E-state index contributed by atoms with van der Waals surface area (Å²) in [5.41, 5.74) is 3.30. The number of nitrogens with one attached hydrogen (secondary N) is 1. The molecule has 2 aromatic rings. The van der Waals surface area contributed by atoms with Crippen molar-refractivity contribution < 1.29 is 14.3 Å². The summed E-state index contributed by atoms with van der Waals surface area (Å²) < 4.78 is 5.19. The number of carbonyl (C=O) groups excluding carboxylic acids is 2. The van der Waals surface area contributed by atoms with Gasteiger partial charge in [0.15, 0.2) is 0 Å². The largest absolute Gasteiger partial charge is 0.497 e. The zero-order valence-electron chi connectivity index (χ0n) is 19.2. The number of ether oxygens (including phenoxy) is 1. The molecule has 6 heteroatoms. The lowest BCUT2D eigenvalue weighted by Crippen LogP contribution is -2.50. The van der Waals surface area contributed by atoms with Crippen LogP contribution in [0.25, 0.3) is 0 Å². The summed E-state index contributed by atoms with van der Waals surface area (Å²) in [7, 11) is 1.64. The van der Waals surface area contributed by atoms with Crippen LogP contribution in [0, 0.1) is 6.92 Å². The SMILES string of the molecule is CC[C@@H](C(=O)NC(C)C)N(Cc1cccc(C)c1)C(=O)CSCc1ccc(OC)cc1. The van der Waals surface area contributed by atoms with Crippen LogP contribution in [0.4, 0.5) is 0 Å². The number of hydrogen-bond donors (Lipinski definition) is 1. The minimum absolute atomic E-state index is 0.0224. The molecule has 0 saturated heterocycles. The van der Waals surface area contributed by atoms with Crippen LogP contribution in [-0.2, 0) is 21.9 Å². The van der Waals surface area contributed by atoms with E-state index in [1.165, 1.54) is 0 Å². The minimum Gasteiger partial charge on any atom is -0.497 e. The van der Waals surface area contributed by atoms with Crippen molar-refractivity contribution in [1.29, 1.82) is 0 Å². The molecule has 0 fully saturated rings. The third-order valence-electron chi connectivity index (χ3n) is 4.91. The molecular formula is C25H34N2O3S. The Labute approximate surface area is 190 Å². The molecule has 2 aromatic carbocycles. The predicted molar refractivity (Wildman–Crippen MR) is 128 cm³/mol. The lowest BCUT2D eigenvalue weighted by atomic mass is 10.1. The molecule has 0 bridgehead atoms. The van der Waals surface area contributed by atoms with E-state index >= 15 is 0 Å². The molecule has 0 radical (unpaired) electrons. The van der Waals surface area contributed by atoms with Crippen molar-refractivity contribution in [2.24, 2.45) is 0 Å². The van der Waals surface area contributed by atoms with Crippen LogP contribution in [0.1, 0.15) is 43.9 Å². The molecule has 0 aliphatic rings. The van der Waals surface area contributed by atoms with Crippen LogP contribution in [0.3, 0.4) is 0 Å². The summed E-state index contributed by atoms with van der Waals surface area (Å²) >= 11 is 1.56. The van der Waals surface area contributed by atoms with E-state index in [1.54, 1.807) is 23.8 Å². The van der Waals surface area contributed by atoms with Gasteiger partial charge in [0.1, 0.15) is 11.8 Å². The first kappa shape index (κ1) is 24.8. The number of carbonyl (C=O) groups is 2. The van der Waals surface area contributed by atoms with E-state index in [-0.39, 0.29) is 17.9 Å². The zero-order chi connectivity index (χ0) is 22.8. The fourth-order valence-electron chi connectivity index (χ4n) is 3.37. The summed E-state index contributed by atoms with van der Waals surface area (Å²) in [4.78, 5) is 27.8. The van der Waals surface area contributed by atoms with Gasteiger partial charge in [0.25, 0.3) is 0 Å². The van der Waals surface area contributed by atoms with Gasteiger partial charge in [0.2, 0.25) is 11.8 Å². The summed E-state index contributed by atoms with van der Waals surface area (Å²) in [6.07, 6.45) is 0.569. The fourth-order valence-corrected chi connectivity index (χ4v) is 4.24. The third-order valence-corrected chi connectivity index (χ3v) is 5.89. The van der Waals surface area contributed by atoms with Crippen LogP contribution < -0.4 is 10.1 Å². The van der Waals surface area contributed by atoms with E-state index in [1.807, 2.05) is 70.2 Å². The lowest BCUT2D eigenvalue weighted by Gasteiger charge is -2.31. The number of methoxy groups -OCH3 is 1. The van der Waals surface area contributed by atoms with Crippen LogP contribution in [-0.4, -0.2) is 41.7 Å². The molecule has 1 N–H and O–H groups in total. The molecule has 2 rings (SSSR count). The van der Waals surface area contributed by atoms with Crippen molar-refractivity contribution >= 4 is 23.6 Å². The molecule has 0 saturated carbocycles. The second-order valence-electron chi connectivity index (χ2n) is 7.94. The van der Waals surface area contributed by atoms with Gasteiger partial charge < -0.3 is 15.0 Å². The molecule has 0 unspecified atom stereocenters. The van der Waals surface area contributed by atoms with Crippen molar-refractivity contribution in [3.05, 3.63) is 65.2 Å². The Hall–Kier alpha value is -2.47. The maximum Gasteiger partial charge on any atom is 0.243 e. The molecule has 1 atom stereocenters. The second kappa shape index (κ2) is 12.4. The Morgan fingerprint density at radius 1 is 1.10 bits per heavy atom. The van der Waals surface area contributed by atoms with E-state index < -0.39 is 6.04 Å². The number of amides is 2. The predicted octanol–water partition coefficient (Wildman–Crippen LogP) is 4.57. The van der Waals surface area contributed by atoms with Gasteiger partial charge in [-0.15, -0.1) is 11.8 Å². The monoisotopic (exact) mass is 442 g/mol. The highest BCUT2D eigenvalue weighted by Gasteiger charge is 2.28. The second-order valence-corrected chi connectivity index (χ2v) is 8.92. The van der Waals surface area contributed by atoms with E-state index in [0.717, 1.165) is 28.2 Å². The van der Waals surface area contributed by atoms with E-state index in [0.29, 0.717) is 18.7 Å². The lowest BCUT2D eigenvalue weighted by molar-refractivity contribution is -0.139. The zero-order valence-corrected chi connectivity index (χ0v) is 20.0. The molecule has 31 heavy (non-hydrogen) atoms. The van der Waals surface area contributed by atoms with Crippen molar-refractivity contribution in [1.82, 2.24) is 10.2 Å². The van der Waals surface area contributed by atoms with Crippen LogP contribution >= 0.6 is 11.8 Å². The number of nitrogens with zero attached hydrogens (tertiary/aromatic N) is 1.